The fourth-order valence-electron chi connectivity index (χ4n) is 5.89. The molecule has 4 amide bonds. The molecule has 2 rings (SSSR count). The van der Waals surface area contributed by atoms with E-state index in [1.54, 1.807) is 19.6 Å². The number of imide groups is 1. The van der Waals surface area contributed by atoms with Gasteiger partial charge in [0, 0.05) is 84.8 Å². The van der Waals surface area contributed by atoms with Crippen LogP contribution in [0.2, 0.25) is 0 Å². The first-order valence-corrected chi connectivity index (χ1v) is 19.7. The van der Waals surface area contributed by atoms with Crippen LogP contribution in [0, 0.1) is 0 Å². The molecule has 0 spiro atoms. The number of carboxylic acid groups (broad SMARTS) is 3. The number of hydrogen-bond acceptors (Lipinski definition) is 13. The lowest BCUT2D eigenvalue weighted by atomic mass is 10.2. The summed E-state index contributed by atoms with van der Waals surface area (Å²) < 4.78 is 0. The van der Waals surface area contributed by atoms with Crippen molar-refractivity contribution in [2.75, 3.05) is 110 Å². The van der Waals surface area contributed by atoms with Gasteiger partial charge in [0.2, 0.25) is 23.6 Å². The number of carbonyl (C=O) groups is 7. The average molecular weight is 776 g/mol. The van der Waals surface area contributed by atoms with Crippen LogP contribution in [0.4, 0.5) is 0 Å². The molecule has 2 saturated heterocycles. The van der Waals surface area contributed by atoms with Gasteiger partial charge in [-0.3, -0.25) is 58.1 Å². The number of carboxylic acids is 3. The van der Waals surface area contributed by atoms with Gasteiger partial charge in [0.15, 0.2) is 0 Å². The van der Waals surface area contributed by atoms with Gasteiger partial charge in [0.05, 0.1) is 31.4 Å². The van der Waals surface area contributed by atoms with E-state index in [9.17, 15) is 48.9 Å². The van der Waals surface area contributed by atoms with Crippen LogP contribution >= 0.6 is 24.4 Å². The Kier molecular flexibility index (Phi) is 22.5. The number of thiol groups is 1. The molecule has 2 heterocycles. The van der Waals surface area contributed by atoms with E-state index >= 15 is 0 Å². The standard InChI is InChI=1S/C33H57N7O10S2/c41-27(34-8-4-2-5-19-51)7-3-1-6-20-52-26-21-29(43)40(33(26)50)10-9-35-28(42)22-36-11-13-37(23-30(44)45)15-17-39(25-32(48)49)18-16-38(14-12-36)24-31(46)47/h26,51H,1-25H2,(H,34,41)(H,35,42)(H,44,45)(H,46,47)(H,48,49). The molecule has 5 N–H and O–H groups in total. The Bertz CT molecular complexity index is 1150. The number of aliphatic carboxylic acids is 3. The molecule has 0 aromatic carbocycles. The lowest BCUT2D eigenvalue weighted by molar-refractivity contribution is -0.140. The Morgan fingerprint density at radius 2 is 1.12 bits per heavy atom. The molecule has 296 valence electrons. The minimum Gasteiger partial charge on any atom is -0.480 e. The summed E-state index contributed by atoms with van der Waals surface area (Å²) in [6.07, 6.45) is 6.05. The quantitative estimate of drug-likeness (QED) is 0.0426. The Balaban J connectivity index is 1.80. The van der Waals surface area contributed by atoms with Crippen molar-refractivity contribution in [3.8, 4) is 0 Å². The smallest absolute Gasteiger partial charge is 0.317 e. The molecule has 0 aromatic heterocycles. The third kappa shape index (κ3) is 19.8. The third-order valence-electron chi connectivity index (χ3n) is 8.76. The second-order valence-electron chi connectivity index (χ2n) is 13.0. The minimum atomic E-state index is -1.04. The van der Waals surface area contributed by atoms with E-state index in [-0.39, 0.29) is 109 Å². The highest BCUT2D eigenvalue weighted by molar-refractivity contribution is 8.00. The number of rotatable bonds is 23. The molecule has 1 unspecified atom stereocenters. The van der Waals surface area contributed by atoms with Gasteiger partial charge in [0.25, 0.3) is 0 Å². The number of likely N-dealkylation sites (tertiary alicyclic amines) is 1. The summed E-state index contributed by atoms with van der Waals surface area (Å²) in [7, 11) is 0. The molecule has 0 aliphatic carbocycles. The van der Waals surface area contributed by atoms with Gasteiger partial charge >= 0.3 is 17.9 Å². The van der Waals surface area contributed by atoms with Crippen LogP contribution in [0.1, 0.15) is 51.4 Å². The normalized spacial score (nSPS) is 18.9. The van der Waals surface area contributed by atoms with Crippen molar-refractivity contribution in [3.05, 3.63) is 0 Å². The Morgan fingerprint density at radius 3 is 1.62 bits per heavy atom. The summed E-state index contributed by atoms with van der Waals surface area (Å²) in [6.45, 7) is 2.17. The molecule has 17 nitrogen and oxygen atoms in total. The fourth-order valence-corrected chi connectivity index (χ4v) is 7.30. The van der Waals surface area contributed by atoms with Gasteiger partial charge in [-0.2, -0.15) is 12.6 Å². The van der Waals surface area contributed by atoms with Crippen LogP contribution in [0.15, 0.2) is 0 Å². The van der Waals surface area contributed by atoms with Crippen LogP contribution in [0.3, 0.4) is 0 Å². The number of amides is 4. The van der Waals surface area contributed by atoms with Crippen molar-refractivity contribution in [1.29, 1.82) is 0 Å². The summed E-state index contributed by atoms with van der Waals surface area (Å²) in [5, 5.41) is 33.3. The van der Waals surface area contributed by atoms with Gasteiger partial charge in [-0.25, -0.2) is 0 Å². The SMILES string of the molecule is O=C(O)CN1CCN(CC(=O)O)CCN(CC(=O)NCCN2C(=O)CC(SCCCCCC(=O)NCCCCCS)C2=O)CCN(CC(=O)O)CC1. The predicted molar refractivity (Wildman–Crippen MR) is 198 cm³/mol. The average Bonchev–Trinajstić information content (AvgIpc) is 3.34. The number of thioether (sulfide) groups is 1. The largest absolute Gasteiger partial charge is 0.480 e. The monoisotopic (exact) mass is 775 g/mol. The molecule has 0 radical (unpaired) electrons. The highest BCUT2D eigenvalue weighted by Gasteiger charge is 2.38. The molecule has 0 bridgehead atoms. The van der Waals surface area contributed by atoms with Crippen LogP contribution in [-0.4, -0.2) is 196 Å². The van der Waals surface area contributed by atoms with Crippen LogP contribution in [0.25, 0.3) is 0 Å². The van der Waals surface area contributed by atoms with E-state index < -0.39 is 23.2 Å². The van der Waals surface area contributed by atoms with Crippen molar-refractivity contribution >= 4 is 65.9 Å². The first kappa shape index (κ1) is 45.2. The van der Waals surface area contributed by atoms with Crippen molar-refractivity contribution in [2.24, 2.45) is 0 Å². The number of unbranched alkanes of at least 4 members (excludes halogenated alkanes) is 4. The zero-order chi connectivity index (χ0) is 38.3. The van der Waals surface area contributed by atoms with Crippen molar-refractivity contribution in [1.82, 2.24) is 35.1 Å². The molecule has 1 atom stereocenters. The minimum absolute atomic E-state index is 0.0375. The van der Waals surface area contributed by atoms with Crippen molar-refractivity contribution in [2.45, 2.75) is 56.6 Å². The number of carbonyl (C=O) groups excluding carboxylic acids is 4. The van der Waals surface area contributed by atoms with Gasteiger partial charge in [0.1, 0.15) is 0 Å². The summed E-state index contributed by atoms with van der Waals surface area (Å²) in [5.74, 6) is -2.44. The Morgan fingerprint density at radius 1 is 0.635 bits per heavy atom. The number of nitrogens with one attached hydrogen (secondary N) is 2. The highest BCUT2D eigenvalue weighted by Crippen LogP contribution is 2.26. The predicted octanol–water partition coefficient (Wildman–Crippen LogP) is -0.785. The summed E-state index contributed by atoms with van der Waals surface area (Å²) in [5.41, 5.74) is 0. The highest BCUT2D eigenvalue weighted by atomic mass is 32.2. The van der Waals surface area contributed by atoms with Gasteiger partial charge in [-0.15, -0.1) is 11.8 Å². The Hall–Kier alpha value is -2.97. The van der Waals surface area contributed by atoms with Gasteiger partial charge in [-0.05, 0) is 37.2 Å². The molecule has 52 heavy (non-hydrogen) atoms. The zero-order valence-electron chi connectivity index (χ0n) is 30.0. The molecule has 2 aliphatic rings. The molecular formula is C33H57N7O10S2. The molecule has 0 aromatic rings. The zero-order valence-corrected chi connectivity index (χ0v) is 31.8. The topological polar surface area (TPSA) is 220 Å². The maximum absolute atomic E-state index is 13.0. The van der Waals surface area contributed by atoms with Crippen LogP contribution < -0.4 is 10.6 Å². The summed E-state index contributed by atoms with van der Waals surface area (Å²) >= 11 is 5.62. The lowest BCUT2D eigenvalue weighted by Crippen LogP contribution is -2.50. The second kappa shape index (κ2) is 25.9. The summed E-state index contributed by atoms with van der Waals surface area (Å²) in [4.78, 5) is 92.8. The first-order valence-electron chi connectivity index (χ1n) is 18.0. The van der Waals surface area contributed by atoms with E-state index in [1.807, 2.05) is 0 Å². The molecule has 0 saturated carbocycles. The maximum atomic E-state index is 13.0. The summed E-state index contributed by atoms with van der Waals surface area (Å²) in [6, 6.07) is 0. The molecule has 2 fully saturated rings. The molecular weight excluding hydrogens is 719 g/mol. The van der Waals surface area contributed by atoms with E-state index in [2.05, 4.69) is 23.3 Å². The lowest BCUT2D eigenvalue weighted by Gasteiger charge is -2.32. The number of hydrogen-bond donors (Lipinski definition) is 6. The Labute approximate surface area is 315 Å². The van der Waals surface area contributed by atoms with Gasteiger partial charge < -0.3 is 26.0 Å². The second-order valence-corrected chi connectivity index (χ2v) is 14.8. The van der Waals surface area contributed by atoms with E-state index in [4.69, 9.17) is 0 Å². The van der Waals surface area contributed by atoms with Crippen LogP contribution in [0.5, 0.6) is 0 Å². The number of nitrogens with zero attached hydrogens (tertiary/aromatic N) is 5. The fraction of sp³-hybridized carbons (Fsp3) is 0.788. The third-order valence-corrected chi connectivity index (χ3v) is 10.4. The molecule has 19 heteroatoms. The van der Waals surface area contributed by atoms with Crippen molar-refractivity contribution < 1.29 is 48.9 Å². The van der Waals surface area contributed by atoms with E-state index in [0.29, 0.717) is 31.8 Å². The van der Waals surface area contributed by atoms with E-state index in [1.165, 1.54) is 16.7 Å². The first-order chi connectivity index (χ1) is 24.9. The van der Waals surface area contributed by atoms with Crippen LogP contribution in [-0.2, 0) is 33.6 Å². The van der Waals surface area contributed by atoms with E-state index in [0.717, 1.165) is 44.3 Å². The molecule has 2 aliphatic heterocycles. The van der Waals surface area contributed by atoms with Gasteiger partial charge in [-0.1, -0.05) is 12.8 Å². The van der Waals surface area contributed by atoms with Crippen molar-refractivity contribution in [3.63, 3.8) is 0 Å². The maximum Gasteiger partial charge on any atom is 0.317 e.